The van der Waals surface area contributed by atoms with Crippen molar-refractivity contribution in [3.05, 3.63) is 29.8 Å². The van der Waals surface area contributed by atoms with E-state index in [2.05, 4.69) is 9.97 Å². The van der Waals surface area contributed by atoms with E-state index in [1.54, 1.807) is 0 Å². The summed E-state index contributed by atoms with van der Waals surface area (Å²) in [5, 5.41) is 0.315. The van der Waals surface area contributed by atoms with Gasteiger partial charge in [0, 0.05) is 30.2 Å². The van der Waals surface area contributed by atoms with Gasteiger partial charge in [-0.3, -0.25) is 4.79 Å². The number of halogens is 1. The van der Waals surface area contributed by atoms with Crippen molar-refractivity contribution in [2.75, 3.05) is 25.5 Å². The van der Waals surface area contributed by atoms with Crippen molar-refractivity contribution in [3.63, 3.8) is 0 Å². The van der Waals surface area contributed by atoms with Gasteiger partial charge in [-0.15, -0.1) is 0 Å². The zero-order chi connectivity index (χ0) is 15.1. The van der Waals surface area contributed by atoms with Gasteiger partial charge in [0.2, 0.25) is 0 Å². The number of nitrogens with zero attached hydrogens (tertiary/aromatic N) is 2. The Morgan fingerprint density at radius 1 is 1.50 bits per heavy atom. The standard InChI is InChI=1S/C15H16FN3O2S/c16-9-5-10(14-11(6-9)17-8-18-14)15(20)19-2-4-22-13-7-21-3-1-12(13)19/h5-6,8,12-13H,1-4,7H2,(H,17,18)/t12-,13+/m0/s1. The van der Waals surface area contributed by atoms with Gasteiger partial charge in [0.05, 0.1) is 24.0 Å². The second-order valence-electron chi connectivity index (χ2n) is 5.59. The largest absolute Gasteiger partial charge is 0.380 e. The highest BCUT2D eigenvalue weighted by Gasteiger charge is 2.37. The maximum atomic E-state index is 13.8. The van der Waals surface area contributed by atoms with Crippen LogP contribution in [0.4, 0.5) is 4.39 Å². The van der Waals surface area contributed by atoms with E-state index in [0.29, 0.717) is 41.6 Å². The van der Waals surface area contributed by atoms with Gasteiger partial charge in [-0.05, 0) is 18.6 Å². The van der Waals surface area contributed by atoms with Gasteiger partial charge in [0.15, 0.2) is 0 Å². The maximum absolute atomic E-state index is 13.8. The molecule has 0 spiro atoms. The molecule has 1 N–H and O–H groups in total. The highest BCUT2D eigenvalue weighted by Crippen LogP contribution is 2.32. The molecule has 4 rings (SSSR count). The Morgan fingerprint density at radius 3 is 3.32 bits per heavy atom. The summed E-state index contributed by atoms with van der Waals surface area (Å²) in [6.45, 7) is 2.04. The summed E-state index contributed by atoms with van der Waals surface area (Å²) in [6.07, 6.45) is 2.33. The van der Waals surface area contributed by atoms with E-state index in [4.69, 9.17) is 4.74 Å². The van der Waals surface area contributed by atoms with Crippen LogP contribution in [0.25, 0.3) is 11.0 Å². The van der Waals surface area contributed by atoms with Crippen molar-refractivity contribution in [1.29, 1.82) is 0 Å². The lowest BCUT2D eigenvalue weighted by Gasteiger charge is -2.43. The van der Waals surface area contributed by atoms with E-state index in [1.165, 1.54) is 18.5 Å². The van der Waals surface area contributed by atoms with Crippen molar-refractivity contribution in [3.8, 4) is 0 Å². The minimum absolute atomic E-state index is 0.131. The molecule has 0 bridgehead atoms. The van der Waals surface area contributed by atoms with Gasteiger partial charge in [-0.25, -0.2) is 9.37 Å². The van der Waals surface area contributed by atoms with Crippen LogP contribution in [0.2, 0.25) is 0 Å². The first kappa shape index (κ1) is 14.0. The third-order valence-electron chi connectivity index (χ3n) is 4.31. The topological polar surface area (TPSA) is 58.2 Å². The maximum Gasteiger partial charge on any atom is 0.256 e. The fraction of sp³-hybridized carbons (Fsp3) is 0.467. The number of ether oxygens (including phenoxy) is 1. The Bertz CT molecular complexity index is 718. The van der Waals surface area contributed by atoms with Gasteiger partial charge in [0.1, 0.15) is 11.3 Å². The Hall–Kier alpha value is -1.60. The summed E-state index contributed by atoms with van der Waals surface area (Å²) in [7, 11) is 0. The van der Waals surface area contributed by atoms with E-state index in [0.717, 1.165) is 12.2 Å². The number of rotatable bonds is 1. The lowest BCUT2D eigenvalue weighted by molar-refractivity contribution is 0.0320. The molecule has 0 unspecified atom stereocenters. The van der Waals surface area contributed by atoms with Gasteiger partial charge >= 0.3 is 0 Å². The number of hydrogen-bond donors (Lipinski definition) is 1. The third kappa shape index (κ3) is 2.28. The number of nitrogens with one attached hydrogen (secondary N) is 1. The lowest BCUT2D eigenvalue weighted by Crippen LogP contribution is -2.54. The molecule has 0 aliphatic carbocycles. The number of hydrogen-bond acceptors (Lipinski definition) is 4. The van der Waals surface area contributed by atoms with Gasteiger partial charge < -0.3 is 14.6 Å². The fourth-order valence-electron chi connectivity index (χ4n) is 3.27. The Labute approximate surface area is 131 Å². The molecule has 1 aromatic heterocycles. The first-order valence-corrected chi connectivity index (χ1v) is 8.42. The van der Waals surface area contributed by atoms with Crippen LogP contribution in [-0.4, -0.2) is 57.6 Å². The highest BCUT2D eigenvalue weighted by atomic mass is 32.2. The molecular formula is C15H16FN3O2S. The predicted octanol–water partition coefficient (Wildman–Crippen LogP) is 2.05. The number of H-pyrrole nitrogens is 1. The number of carbonyl (C=O) groups is 1. The molecule has 2 saturated heterocycles. The molecule has 0 saturated carbocycles. The Balaban J connectivity index is 1.71. The summed E-state index contributed by atoms with van der Waals surface area (Å²) in [5.74, 6) is 0.332. The van der Waals surface area contributed by atoms with Crippen molar-refractivity contribution >= 4 is 28.7 Å². The minimum Gasteiger partial charge on any atom is -0.380 e. The van der Waals surface area contributed by atoms with Crippen LogP contribution in [0.5, 0.6) is 0 Å². The van der Waals surface area contributed by atoms with Crippen LogP contribution in [0.1, 0.15) is 16.8 Å². The fourth-order valence-corrected chi connectivity index (χ4v) is 4.57. The molecule has 1 aromatic carbocycles. The summed E-state index contributed by atoms with van der Waals surface area (Å²) in [4.78, 5) is 21.9. The SMILES string of the molecule is O=C(c1cc(F)cc2[nH]cnc12)N1CCS[C@@H]2COCC[C@@H]21. The summed E-state index contributed by atoms with van der Waals surface area (Å²) in [6, 6.07) is 2.82. The normalized spacial score (nSPS) is 25.2. The number of fused-ring (bicyclic) bond motifs is 2. The summed E-state index contributed by atoms with van der Waals surface area (Å²) < 4.78 is 19.3. The minimum atomic E-state index is -0.421. The van der Waals surface area contributed by atoms with Crippen LogP contribution >= 0.6 is 11.8 Å². The van der Waals surface area contributed by atoms with Crippen molar-refractivity contribution < 1.29 is 13.9 Å². The van der Waals surface area contributed by atoms with Crippen LogP contribution in [0, 0.1) is 5.82 Å². The molecule has 2 aliphatic rings. The molecular weight excluding hydrogens is 305 g/mol. The number of carbonyl (C=O) groups excluding carboxylic acids is 1. The number of aromatic nitrogens is 2. The number of thioether (sulfide) groups is 1. The number of imidazole rings is 1. The average molecular weight is 321 g/mol. The second-order valence-corrected chi connectivity index (χ2v) is 6.94. The van der Waals surface area contributed by atoms with Crippen LogP contribution in [-0.2, 0) is 4.74 Å². The van der Waals surface area contributed by atoms with Gasteiger partial charge in [-0.2, -0.15) is 11.8 Å². The van der Waals surface area contributed by atoms with E-state index < -0.39 is 5.82 Å². The number of benzene rings is 1. The second kappa shape index (κ2) is 5.55. The molecule has 2 aromatic rings. The van der Waals surface area contributed by atoms with Gasteiger partial charge in [-0.1, -0.05) is 0 Å². The van der Waals surface area contributed by atoms with E-state index in [9.17, 15) is 9.18 Å². The van der Waals surface area contributed by atoms with Crippen LogP contribution in [0.15, 0.2) is 18.5 Å². The van der Waals surface area contributed by atoms with Crippen LogP contribution < -0.4 is 0 Å². The van der Waals surface area contributed by atoms with E-state index >= 15 is 0 Å². The molecule has 2 fully saturated rings. The van der Waals surface area contributed by atoms with Crippen LogP contribution in [0.3, 0.4) is 0 Å². The lowest BCUT2D eigenvalue weighted by atomic mass is 10.0. The zero-order valence-corrected chi connectivity index (χ0v) is 12.7. The molecule has 2 atom stereocenters. The monoisotopic (exact) mass is 321 g/mol. The highest BCUT2D eigenvalue weighted by molar-refractivity contribution is 8.00. The number of aromatic amines is 1. The molecule has 5 nitrogen and oxygen atoms in total. The predicted molar refractivity (Wildman–Crippen MR) is 82.6 cm³/mol. The molecule has 2 aliphatic heterocycles. The molecule has 0 radical (unpaired) electrons. The first-order valence-electron chi connectivity index (χ1n) is 7.37. The Morgan fingerprint density at radius 2 is 2.41 bits per heavy atom. The molecule has 3 heterocycles. The third-order valence-corrected chi connectivity index (χ3v) is 5.61. The quantitative estimate of drug-likeness (QED) is 0.873. The number of amides is 1. The summed E-state index contributed by atoms with van der Waals surface area (Å²) in [5.41, 5.74) is 1.43. The zero-order valence-electron chi connectivity index (χ0n) is 11.9. The van der Waals surface area contributed by atoms with Crippen molar-refractivity contribution in [2.45, 2.75) is 17.7 Å². The van der Waals surface area contributed by atoms with Crippen molar-refractivity contribution in [2.24, 2.45) is 0 Å². The average Bonchev–Trinajstić information content (AvgIpc) is 3.01. The first-order chi connectivity index (χ1) is 10.7. The van der Waals surface area contributed by atoms with Gasteiger partial charge in [0.25, 0.3) is 5.91 Å². The van der Waals surface area contributed by atoms with Crippen molar-refractivity contribution in [1.82, 2.24) is 14.9 Å². The molecule has 22 heavy (non-hydrogen) atoms. The summed E-state index contributed by atoms with van der Waals surface area (Å²) >= 11 is 1.86. The smallest absolute Gasteiger partial charge is 0.256 e. The molecule has 7 heteroatoms. The van der Waals surface area contributed by atoms with E-state index in [-0.39, 0.29) is 11.9 Å². The van der Waals surface area contributed by atoms with E-state index in [1.807, 2.05) is 16.7 Å². The Kier molecular flexibility index (Phi) is 3.54. The molecule has 1 amide bonds. The molecule has 116 valence electrons.